The Morgan fingerprint density at radius 1 is 0.500 bits per heavy atom. The second kappa shape index (κ2) is 27.1. The summed E-state index contributed by atoms with van der Waals surface area (Å²) in [7, 11) is 0. The largest absolute Gasteiger partial charge is 0.693 e. The Morgan fingerprint density at radius 3 is 1.02 bits per heavy atom. The van der Waals surface area contributed by atoms with Gasteiger partial charge in [-0.2, -0.15) is 6.20 Å². The number of halogens is 15. The summed E-state index contributed by atoms with van der Waals surface area (Å²) >= 11 is 11.8. The van der Waals surface area contributed by atoms with Gasteiger partial charge in [0.2, 0.25) is 0 Å². The Kier molecular flexibility index (Phi) is 27.2. The normalized spacial score (nSPS) is 14.2. The van der Waals surface area contributed by atoms with Gasteiger partial charge in [0.25, 0.3) is 0 Å². The van der Waals surface area contributed by atoms with Crippen molar-refractivity contribution < 1.29 is 70.6 Å². The third-order valence-electron chi connectivity index (χ3n) is 6.88. The molecule has 3 aromatic carbocycles. The fourth-order valence-corrected chi connectivity index (χ4v) is 4.61. The average Bonchev–Trinajstić information content (AvgIpc) is 3.79. The summed E-state index contributed by atoms with van der Waals surface area (Å²) in [6.45, 7) is 4.97. The van der Waals surface area contributed by atoms with Crippen LogP contribution in [-0.4, -0.2) is 85.3 Å². The molecule has 2 N–H and O–H groups in total. The van der Waals surface area contributed by atoms with Gasteiger partial charge in [-0.15, -0.1) is 19.6 Å². The predicted octanol–water partition coefficient (Wildman–Crippen LogP) is 9.68. The molecule has 24 heteroatoms. The molecule has 6 rings (SSSR count). The van der Waals surface area contributed by atoms with Gasteiger partial charge in [-0.3, -0.25) is 0 Å². The van der Waals surface area contributed by atoms with E-state index in [-0.39, 0.29) is 58.6 Å². The first-order chi connectivity index (χ1) is 24.9. The molecule has 2 fully saturated rings. The van der Waals surface area contributed by atoms with Crippen molar-refractivity contribution in [2.75, 3.05) is 32.8 Å². The number of piperidine rings is 1. The number of rotatable bonds is 1. The first kappa shape index (κ1) is 56.3. The zero-order valence-electron chi connectivity index (χ0n) is 28.0. The minimum absolute atomic E-state index is 0. The van der Waals surface area contributed by atoms with E-state index < -0.39 is 102 Å². The van der Waals surface area contributed by atoms with E-state index in [1.807, 2.05) is 6.20 Å². The summed E-state index contributed by atoms with van der Waals surface area (Å²) in [6, 6.07) is 0. The summed E-state index contributed by atoms with van der Waals surface area (Å²) in [4.78, 5) is -3.86. The quantitative estimate of drug-likeness (QED) is 0.0801. The van der Waals surface area contributed by atoms with Gasteiger partial charge in [-0.25, -0.2) is 65.9 Å². The molecule has 3 heterocycles. The molecule has 3 aliphatic heterocycles. The summed E-state index contributed by atoms with van der Waals surface area (Å²) in [5.41, 5.74) is 1.49. The molecule has 0 amide bonds. The number of nitrogens with two attached hydrogens (primary N) is 1. The van der Waals surface area contributed by atoms with E-state index in [9.17, 15) is 65.9 Å². The number of hydrogen-bond donors (Lipinski definition) is 0. The maximum absolute atomic E-state index is 12.3. The first-order valence-electron chi connectivity index (χ1n) is 14.7. The van der Waals surface area contributed by atoms with Crippen molar-refractivity contribution >= 4 is 90.3 Å². The van der Waals surface area contributed by atoms with Crippen LogP contribution in [0.1, 0.15) is 25.7 Å². The zero-order chi connectivity index (χ0) is 40.2. The molecule has 0 aromatic heterocycles. The molecule has 3 aliphatic rings. The van der Waals surface area contributed by atoms with E-state index in [2.05, 4.69) is 60.7 Å². The molecule has 0 aliphatic carbocycles. The van der Waals surface area contributed by atoms with Gasteiger partial charge in [-0.05, 0) is 18.8 Å². The van der Waals surface area contributed by atoms with Crippen LogP contribution in [0.25, 0.3) is 16.8 Å². The number of allylic oxidation sites excluding steroid dienone is 2. The minimum Gasteiger partial charge on any atom is -0.693 e. The second-order valence-electron chi connectivity index (χ2n) is 10.3. The van der Waals surface area contributed by atoms with E-state index in [1.54, 1.807) is 0 Å². The van der Waals surface area contributed by atoms with Gasteiger partial charge < -0.3 is 59.4 Å². The van der Waals surface area contributed by atoms with Crippen molar-refractivity contribution in [1.29, 1.82) is 0 Å². The molecule has 3 aromatic rings. The third kappa shape index (κ3) is 15.1. The fourth-order valence-electron chi connectivity index (χ4n) is 4.08. The van der Waals surface area contributed by atoms with Crippen LogP contribution in [0.4, 0.5) is 65.9 Å². The monoisotopic (exact) mass is 1270 g/mol. The summed E-state index contributed by atoms with van der Waals surface area (Å²) in [5, 5.41) is 8.49. The van der Waals surface area contributed by atoms with Crippen LogP contribution in [-0.2, 0) is 42.6 Å². The molecule has 2 saturated heterocycles. The Balaban J connectivity index is 0. The van der Waals surface area contributed by atoms with E-state index in [1.165, 1.54) is 31.3 Å². The molecule has 4 nitrogen and oxygen atoms in total. The summed E-state index contributed by atoms with van der Waals surface area (Å²) < 4.78 is 189. The molecule has 56 heavy (non-hydrogen) atoms. The van der Waals surface area contributed by atoms with Crippen molar-refractivity contribution in [3.8, 4) is 0 Å². The van der Waals surface area contributed by atoms with E-state index in [0.717, 1.165) is 38.8 Å². The van der Waals surface area contributed by atoms with Crippen LogP contribution in [0.3, 0.4) is 0 Å². The van der Waals surface area contributed by atoms with Crippen LogP contribution in [0.2, 0.25) is 0 Å². The number of ether oxygens (including phenoxy) is 1. The fraction of sp³-hybridized carbons (Fsp3) is 0.312. The molecule has 5 radical (unpaired) electrons. The van der Waals surface area contributed by atoms with Crippen LogP contribution < -0.4 is 0 Å². The van der Waals surface area contributed by atoms with Crippen molar-refractivity contribution in [1.82, 2.24) is 0 Å². The summed E-state index contributed by atoms with van der Waals surface area (Å²) in [6.07, 6.45) is 11.4. The minimum atomic E-state index is -2.20. The van der Waals surface area contributed by atoms with Crippen molar-refractivity contribution in [2.24, 2.45) is 5.92 Å². The van der Waals surface area contributed by atoms with Gasteiger partial charge in [-0.1, -0.05) is 45.3 Å². The molecule has 0 bridgehead atoms. The van der Waals surface area contributed by atoms with Crippen LogP contribution in [0.15, 0.2) is 38.6 Å². The van der Waals surface area contributed by atoms with Crippen LogP contribution >= 0.6 is 0 Å². The Bertz CT molecular complexity index is 1330. The number of benzene rings is 3. The van der Waals surface area contributed by atoms with E-state index >= 15 is 0 Å². The number of hydrogen-bond acceptors (Lipinski definition) is 4. The summed E-state index contributed by atoms with van der Waals surface area (Å²) in [5.74, 6) is -29.7. The second-order valence-corrected chi connectivity index (χ2v) is 11.6. The predicted molar refractivity (Wildman–Crippen MR) is 186 cm³/mol. The molecule has 313 valence electrons. The van der Waals surface area contributed by atoms with Crippen LogP contribution in [0.5, 0.6) is 0 Å². The molecule has 0 saturated carbocycles. The maximum Gasteiger partial charge on any atom is 0 e. The van der Waals surface area contributed by atoms with Crippen LogP contribution in [0, 0.1) is 93.2 Å². The number of nitrogens with zero attached hydrogens (tertiary/aromatic N) is 2. The zero-order valence-corrected chi connectivity index (χ0v) is 38.4. The van der Waals surface area contributed by atoms with Crippen molar-refractivity contribution in [3.63, 3.8) is 0 Å². The standard InChI is InChI=1S/C10H14N2.3C6HF5S.C4H8O.2Bi.H2N.2H/c1-5-11-6-2-9(1)10-3-7-12-8-4-10;3*7-1-2(8)4(10)6(12)5(11)3(1)9;1-2-4-5-3-1;;;;;/h1-2,5,10H,3-4,6-8H2;3*12H;1-4H2;;;1H2;;/q-2;;;;;;+1;-1;;/p-3. The van der Waals surface area contributed by atoms with Gasteiger partial charge in [0.15, 0.2) is 52.4 Å². The topological polar surface area (TPSA) is 70.9 Å². The third-order valence-corrected chi connectivity index (χ3v) is 7.96. The smallest absolute Gasteiger partial charge is 0 e. The molecule has 0 unspecified atom stereocenters. The molecule has 0 atom stereocenters. The maximum atomic E-state index is 12.3. The molecular weight excluding hydrogens is 1240 g/mol. The van der Waals surface area contributed by atoms with Crippen molar-refractivity contribution in [3.05, 3.63) is 128 Å². The van der Waals surface area contributed by atoms with Gasteiger partial charge in [0.1, 0.15) is 34.9 Å². The van der Waals surface area contributed by atoms with Gasteiger partial charge >= 0.3 is 26.2 Å². The molecular formula is C32H26Bi2F15N3OS3-5. The Hall–Kier alpha value is -1.80. The van der Waals surface area contributed by atoms with E-state index in [4.69, 9.17) is 4.74 Å². The average molecular weight is 1270 g/mol. The van der Waals surface area contributed by atoms with Gasteiger partial charge in [0, 0.05) is 39.4 Å². The first-order valence-corrected chi connectivity index (χ1v) is 15.9. The van der Waals surface area contributed by atoms with Crippen molar-refractivity contribution in [2.45, 2.75) is 40.4 Å². The van der Waals surface area contributed by atoms with Gasteiger partial charge in [0.05, 0.1) is 0 Å². The Morgan fingerprint density at radius 2 is 0.786 bits per heavy atom. The SMILES string of the molecule is C1=CC(C2CC[N-]CC2)=CC[N-]1.C1CCOC1.Fc1c(F)c(F)c([S-])c(F)c1F.Fc1c(F)c(F)c([S-])c(F)c1F.Fc1c(F)c(F)c([S-])c(F)c1F.[BiH2+].[Bi].[NH2-]. The van der Waals surface area contributed by atoms with E-state index in [0.29, 0.717) is 0 Å². The molecule has 0 spiro atoms. The Labute approximate surface area is 365 Å².